The SMILES string of the molecule is CS(=O)(=O)CC(=O)Nc1sccc1C(=O)O. The Morgan fingerprint density at radius 3 is 2.62 bits per heavy atom. The number of carboxylic acid groups (broad SMARTS) is 1. The van der Waals surface area contributed by atoms with Crippen molar-refractivity contribution >= 4 is 38.1 Å². The second-order valence-electron chi connectivity index (χ2n) is 3.09. The fraction of sp³-hybridized carbons (Fsp3) is 0.250. The van der Waals surface area contributed by atoms with E-state index in [1.165, 1.54) is 11.4 Å². The molecule has 16 heavy (non-hydrogen) atoms. The van der Waals surface area contributed by atoms with Crippen molar-refractivity contribution in [3.63, 3.8) is 0 Å². The van der Waals surface area contributed by atoms with Gasteiger partial charge in [0.1, 0.15) is 10.8 Å². The molecular formula is C8H9NO5S2. The van der Waals surface area contributed by atoms with Crippen LogP contribution in [-0.2, 0) is 14.6 Å². The first-order valence-corrected chi connectivity index (χ1v) is 7.02. The molecule has 2 N–H and O–H groups in total. The number of carboxylic acids is 1. The molecular weight excluding hydrogens is 254 g/mol. The number of nitrogens with one attached hydrogen (secondary N) is 1. The summed E-state index contributed by atoms with van der Waals surface area (Å²) in [4.78, 5) is 21.9. The van der Waals surface area contributed by atoms with Gasteiger partial charge in [0.15, 0.2) is 9.84 Å². The normalized spacial score (nSPS) is 11.1. The van der Waals surface area contributed by atoms with Gasteiger partial charge in [0.25, 0.3) is 0 Å². The second kappa shape index (κ2) is 4.62. The first kappa shape index (κ1) is 12.7. The zero-order chi connectivity index (χ0) is 12.3. The molecule has 0 aliphatic heterocycles. The van der Waals surface area contributed by atoms with Crippen LogP contribution in [0.4, 0.5) is 5.00 Å². The maximum absolute atomic E-state index is 11.2. The minimum Gasteiger partial charge on any atom is -0.478 e. The standard InChI is InChI=1S/C8H9NO5S2/c1-16(13,14)4-6(10)9-7-5(8(11)12)2-3-15-7/h2-3H,4H2,1H3,(H,9,10)(H,11,12). The van der Waals surface area contributed by atoms with Crippen LogP contribution in [0.25, 0.3) is 0 Å². The molecule has 0 bridgehead atoms. The van der Waals surface area contributed by atoms with E-state index in [0.717, 1.165) is 17.6 Å². The van der Waals surface area contributed by atoms with Crippen LogP contribution in [0, 0.1) is 0 Å². The van der Waals surface area contributed by atoms with Crippen molar-refractivity contribution in [3.05, 3.63) is 17.0 Å². The summed E-state index contributed by atoms with van der Waals surface area (Å²) in [5, 5.41) is 12.6. The summed E-state index contributed by atoms with van der Waals surface area (Å²) < 4.78 is 21.6. The monoisotopic (exact) mass is 263 g/mol. The molecule has 1 amide bonds. The van der Waals surface area contributed by atoms with E-state index in [2.05, 4.69) is 5.32 Å². The van der Waals surface area contributed by atoms with E-state index in [0.29, 0.717) is 0 Å². The summed E-state index contributed by atoms with van der Waals surface area (Å²) >= 11 is 1.02. The van der Waals surface area contributed by atoms with Crippen molar-refractivity contribution < 1.29 is 23.1 Å². The summed E-state index contributed by atoms with van der Waals surface area (Å²) in [6, 6.07) is 1.34. The van der Waals surface area contributed by atoms with E-state index in [-0.39, 0.29) is 10.6 Å². The lowest BCUT2D eigenvalue weighted by Crippen LogP contribution is -2.22. The van der Waals surface area contributed by atoms with Crippen LogP contribution < -0.4 is 5.32 Å². The number of aromatic carboxylic acids is 1. The largest absolute Gasteiger partial charge is 0.478 e. The summed E-state index contributed by atoms with van der Waals surface area (Å²) in [7, 11) is -3.41. The molecule has 1 aromatic heterocycles. The smallest absolute Gasteiger partial charge is 0.338 e. The minimum atomic E-state index is -3.41. The van der Waals surface area contributed by atoms with Gasteiger partial charge in [-0.15, -0.1) is 11.3 Å². The van der Waals surface area contributed by atoms with Crippen molar-refractivity contribution in [3.8, 4) is 0 Å². The molecule has 1 heterocycles. The summed E-state index contributed by atoms with van der Waals surface area (Å²) in [5.41, 5.74) is -0.0492. The Labute approximate surface area is 95.8 Å². The molecule has 0 fully saturated rings. The van der Waals surface area contributed by atoms with Gasteiger partial charge in [-0.1, -0.05) is 0 Å². The van der Waals surface area contributed by atoms with E-state index >= 15 is 0 Å². The first-order chi connectivity index (χ1) is 7.29. The van der Waals surface area contributed by atoms with Crippen LogP contribution in [0.3, 0.4) is 0 Å². The molecule has 0 aromatic carbocycles. The number of carbonyl (C=O) groups is 2. The van der Waals surface area contributed by atoms with Crippen molar-refractivity contribution in [2.45, 2.75) is 0 Å². The molecule has 0 atom stereocenters. The Hall–Kier alpha value is -1.41. The fourth-order valence-electron chi connectivity index (χ4n) is 0.975. The highest BCUT2D eigenvalue weighted by atomic mass is 32.2. The van der Waals surface area contributed by atoms with Crippen molar-refractivity contribution in [2.75, 3.05) is 17.3 Å². The number of sulfone groups is 1. The van der Waals surface area contributed by atoms with Gasteiger partial charge in [0.05, 0.1) is 5.56 Å². The minimum absolute atomic E-state index is 0.0492. The summed E-state index contributed by atoms with van der Waals surface area (Å²) in [5.74, 6) is -2.58. The Morgan fingerprint density at radius 1 is 1.50 bits per heavy atom. The van der Waals surface area contributed by atoms with Gasteiger partial charge in [-0.05, 0) is 11.4 Å². The first-order valence-electron chi connectivity index (χ1n) is 4.08. The van der Waals surface area contributed by atoms with E-state index in [1.54, 1.807) is 0 Å². The zero-order valence-corrected chi connectivity index (χ0v) is 9.89. The zero-order valence-electron chi connectivity index (χ0n) is 8.26. The Kier molecular flexibility index (Phi) is 3.66. The predicted molar refractivity (Wildman–Crippen MR) is 59.6 cm³/mol. The Morgan fingerprint density at radius 2 is 2.12 bits per heavy atom. The van der Waals surface area contributed by atoms with Gasteiger partial charge < -0.3 is 10.4 Å². The molecule has 0 spiro atoms. The molecule has 1 rings (SSSR count). The number of hydrogen-bond acceptors (Lipinski definition) is 5. The highest BCUT2D eigenvalue weighted by molar-refractivity contribution is 7.91. The third-order valence-electron chi connectivity index (χ3n) is 1.54. The molecule has 0 aliphatic carbocycles. The number of rotatable bonds is 4. The molecule has 8 heteroatoms. The van der Waals surface area contributed by atoms with Crippen molar-refractivity contribution in [2.24, 2.45) is 0 Å². The van der Waals surface area contributed by atoms with E-state index < -0.39 is 27.5 Å². The lowest BCUT2D eigenvalue weighted by atomic mass is 10.3. The molecule has 0 aliphatic rings. The van der Waals surface area contributed by atoms with Gasteiger partial charge >= 0.3 is 5.97 Å². The number of anilines is 1. The molecule has 1 aromatic rings. The highest BCUT2D eigenvalue weighted by Crippen LogP contribution is 2.22. The second-order valence-corrected chi connectivity index (χ2v) is 6.14. The molecule has 0 radical (unpaired) electrons. The molecule has 88 valence electrons. The number of amides is 1. The Bertz CT molecular complexity index is 516. The quantitative estimate of drug-likeness (QED) is 0.820. The van der Waals surface area contributed by atoms with E-state index in [9.17, 15) is 18.0 Å². The van der Waals surface area contributed by atoms with Gasteiger partial charge in [-0.25, -0.2) is 13.2 Å². The average molecular weight is 263 g/mol. The van der Waals surface area contributed by atoms with Crippen LogP contribution >= 0.6 is 11.3 Å². The van der Waals surface area contributed by atoms with E-state index in [1.807, 2.05) is 0 Å². The third kappa shape index (κ3) is 3.63. The number of thiophene rings is 1. The topological polar surface area (TPSA) is 101 Å². The van der Waals surface area contributed by atoms with Gasteiger partial charge in [0.2, 0.25) is 5.91 Å². The number of carbonyl (C=O) groups excluding carboxylic acids is 1. The summed E-state index contributed by atoms with van der Waals surface area (Å²) in [6.07, 6.45) is 0.930. The summed E-state index contributed by atoms with van der Waals surface area (Å²) in [6.45, 7) is 0. The van der Waals surface area contributed by atoms with Crippen molar-refractivity contribution in [1.82, 2.24) is 0 Å². The van der Waals surface area contributed by atoms with Crippen LogP contribution in [-0.4, -0.2) is 37.4 Å². The van der Waals surface area contributed by atoms with Crippen LogP contribution in [0.1, 0.15) is 10.4 Å². The van der Waals surface area contributed by atoms with Crippen molar-refractivity contribution in [1.29, 1.82) is 0 Å². The molecule has 0 saturated heterocycles. The van der Waals surface area contributed by atoms with Gasteiger partial charge in [0, 0.05) is 6.26 Å². The molecule has 6 nitrogen and oxygen atoms in total. The van der Waals surface area contributed by atoms with Crippen LogP contribution in [0.5, 0.6) is 0 Å². The molecule has 0 saturated carbocycles. The number of hydrogen-bond donors (Lipinski definition) is 2. The maximum atomic E-state index is 11.2. The van der Waals surface area contributed by atoms with Crippen LogP contribution in [0.15, 0.2) is 11.4 Å². The average Bonchev–Trinajstić information content (AvgIpc) is 2.47. The lowest BCUT2D eigenvalue weighted by Gasteiger charge is -2.02. The molecule has 0 unspecified atom stereocenters. The highest BCUT2D eigenvalue weighted by Gasteiger charge is 2.16. The maximum Gasteiger partial charge on any atom is 0.338 e. The van der Waals surface area contributed by atoms with Gasteiger partial charge in [-0.3, -0.25) is 4.79 Å². The Balaban J connectivity index is 2.78. The lowest BCUT2D eigenvalue weighted by molar-refractivity contribution is -0.113. The van der Waals surface area contributed by atoms with Gasteiger partial charge in [-0.2, -0.15) is 0 Å². The fourth-order valence-corrected chi connectivity index (χ4v) is 2.32. The van der Waals surface area contributed by atoms with E-state index in [4.69, 9.17) is 5.11 Å². The predicted octanol–water partition coefficient (Wildman–Crippen LogP) is 0.429. The third-order valence-corrected chi connectivity index (χ3v) is 3.16. The van der Waals surface area contributed by atoms with Crippen LogP contribution in [0.2, 0.25) is 0 Å².